The van der Waals surface area contributed by atoms with E-state index in [4.69, 9.17) is 0 Å². The molecular weight excluding hydrogens is 246 g/mol. The maximum atomic E-state index is 12.4. The molecule has 20 heavy (non-hydrogen) atoms. The molecule has 0 aliphatic heterocycles. The lowest BCUT2D eigenvalue weighted by atomic mass is 9.84. The number of carbonyl (C=O) groups is 1. The van der Waals surface area contributed by atoms with Gasteiger partial charge in [0, 0.05) is 11.5 Å². The van der Waals surface area contributed by atoms with Gasteiger partial charge >= 0.3 is 0 Å². The summed E-state index contributed by atoms with van der Waals surface area (Å²) >= 11 is 0. The van der Waals surface area contributed by atoms with Gasteiger partial charge in [-0.3, -0.25) is 4.79 Å². The number of carbonyl (C=O) groups excluding carboxylic acids is 1. The van der Waals surface area contributed by atoms with Crippen molar-refractivity contribution in [2.75, 3.05) is 0 Å². The molecule has 0 radical (unpaired) electrons. The number of nitrogens with one attached hydrogen (secondary N) is 1. The molecule has 0 aromatic heterocycles. The Balaban J connectivity index is 4.42. The molecule has 3 atom stereocenters. The van der Waals surface area contributed by atoms with Gasteiger partial charge in [0.05, 0.1) is 0 Å². The van der Waals surface area contributed by atoms with Gasteiger partial charge in [0.2, 0.25) is 5.91 Å². The molecule has 0 spiro atoms. The first kappa shape index (κ1) is 19.5. The van der Waals surface area contributed by atoms with Crippen LogP contribution in [0.4, 0.5) is 0 Å². The van der Waals surface area contributed by atoms with E-state index >= 15 is 0 Å². The molecule has 0 aromatic rings. The van der Waals surface area contributed by atoms with Gasteiger partial charge in [-0.2, -0.15) is 0 Å². The maximum Gasteiger partial charge on any atom is 0.223 e. The molecule has 0 heterocycles. The molecule has 1 amide bonds. The van der Waals surface area contributed by atoms with Crippen LogP contribution in [-0.2, 0) is 4.79 Å². The normalized spacial score (nSPS) is 17.1. The quantitative estimate of drug-likeness (QED) is 0.675. The van der Waals surface area contributed by atoms with Crippen LogP contribution in [0.15, 0.2) is 0 Å². The van der Waals surface area contributed by atoms with Gasteiger partial charge in [-0.05, 0) is 50.4 Å². The van der Waals surface area contributed by atoms with Crippen LogP contribution in [0.5, 0.6) is 0 Å². The molecular formula is C18H37NO. The number of hydrogen-bond donors (Lipinski definition) is 1. The van der Waals surface area contributed by atoms with Gasteiger partial charge in [-0.1, -0.05) is 48.5 Å². The van der Waals surface area contributed by atoms with Crippen molar-refractivity contribution in [1.82, 2.24) is 5.32 Å². The van der Waals surface area contributed by atoms with Crippen molar-refractivity contribution in [3.63, 3.8) is 0 Å². The maximum absolute atomic E-state index is 12.4. The third kappa shape index (κ3) is 7.31. The number of hydrogen-bond acceptors (Lipinski definition) is 1. The highest BCUT2D eigenvalue weighted by molar-refractivity contribution is 5.79. The second kappa shape index (κ2) is 8.05. The first-order valence-electron chi connectivity index (χ1n) is 8.28. The Labute approximate surface area is 127 Å². The molecule has 2 nitrogen and oxygen atoms in total. The Kier molecular flexibility index (Phi) is 7.83. The average Bonchev–Trinajstić information content (AvgIpc) is 2.26. The van der Waals surface area contributed by atoms with Crippen molar-refractivity contribution < 1.29 is 4.79 Å². The summed E-state index contributed by atoms with van der Waals surface area (Å²) in [7, 11) is 0. The summed E-state index contributed by atoms with van der Waals surface area (Å²) in [6.07, 6.45) is 2.00. The molecule has 1 N–H and O–H groups in total. The Morgan fingerprint density at radius 1 is 0.900 bits per heavy atom. The van der Waals surface area contributed by atoms with Gasteiger partial charge in [0.15, 0.2) is 0 Å². The smallest absolute Gasteiger partial charge is 0.223 e. The molecule has 120 valence electrons. The zero-order chi connectivity index (χ0) is 16.1. The van der Waals surface area contributed by atoms with Crippen molar-refractivity contribution in [2.24, 2.45) is 29.6 Å². The van der Waals surface area contributed by atoms with Gasteiger partial charge in [0.25, 0.3) is 0 Å². The van der Waals surface area contributed by atoms with Crippen LogP contribution in [0.25, 0.3) is 0 Å². The highest BCUT2D eigenvalue weighted by Crippen LogP contribution is 2.24. The predicted octanol–water partition coefficient (Wildman–Crippen LogP) is 4.88. The van der Waals surface area contributed by atoms with Gasteiger partial charge < -0.3 is 5.32 Å². The molecule has 0 aromatic carbocycles. The monoisotopic (exact) mass is 283 g/mol. The lowest BCUT2D eigenvalue weighted by molar-refractivity contribution is -0.126. The molecule has 0 aliphatic rings. The molecule has 0 saturated heterocycles. The summed E-state index contributed by atoms with van der Waals surface area (Å²) in [5, 5.41) is 3.25. The van der Waals surface area contributed by atoms with Crippen LogP contribution in [-0.4, -0.2) is 11.4 Å². The number of rotatable bonds is 8. The zero-order valence-corrected chi connectivity index (χ0v) is 15.2. The summed E-state index contributed by atoms with van der Waals surface area (Å²) in [5.74, 6) is 2.81. The standard InChI is InChI=1S/C18H37NO/c1-12(2)14(5)10-15(6)17(20)19-18(8,9)11-16(7)13(3)4/h12-16H,10-11H2,1-9H3,(H,19,20). The van der Waals surface area contributed by atoms with Gasteiger partial charge in [0.1, 0.15) is 0 Å². The molecule has 0 bridgehead atoms. The fourth-order valence-corrected chi connectivity index (χ4v) is 2.49. The minimum absolute atomic E-state index is 0.0982. The Bertz CT molecular complexity index is 294. The first-order chi connectivity index (χ1) is 8.96. The summed E-state index contributed by atoms with van der Waals surface area (Å²) < 4.78 is 0. The Morgan fingerprint density at radius 3 is 1.75 bits per heavy atom. The molecule has 0 rings (SSSR count). The third-order valence-electron chi connectivity index (χ3n) is 4.74. The van der Waals surface area contributed by atoms with E-state index in [-0.39, 0.29) is 17.4 Å². The minimum Gasteiger partial charge on any atom is -0.351 e. The van der Waals surface area contributed by atoms with Crippen LogP contribution in [0.1, 0.15) is 75.2 Å². The SMILES string of the molecule is CC(CC(C)C(C)C)C(=O)NC(C)(C)CC(C)C(C)C. The second-order valence-electron chi connectivity index (χ2n) is 8.16. The summed E-state index contributed by atoms with van der Waals surface area (Å²) in [6, 6.07) is 0. The van der Waals surface area contributed by atoms with E-state index in [0.29, 0.717) is 23.7 Å². The van der Waals surface area contributed by atoms with Crippen molar-refractivity contribution >= 4 is 5.91 Å². The number of amides is 1. The first-order valence-corrected chi connectivity index (χ1v) is 8.28. The van der Waals surface area contributed by atoms with Crippen LogP contribution >= 0.6 is 0 Å². The van der Waals surface area contributed by atoms with Crippen molar-refractivity contribution in [3.05, 3.63) is 0 Å². The molecule has 2 heteroatoms. The highest BCUT2D eigenvalue weighted by Gasteiger charge is 2.27. The van der Waals surface area contributed by atoms with E-state index in [1.807, 2.05) is 0 Å². The minimum atomic E-state index is -0.115. The van der Waals surface area contributed by atoms with Crippen LogP contribution < -0.4 is 5.32 Å². The van der Waals surface area contributed by atoms with E-state index in [1.165, 1.54) is 0 Å². The average molecular weight is 284 g/mol. The van der Waals surface area contributed by atoms with E-state index in [0.717, 1.165) is 12.8 Å². The van der Waals surface area contributed by atoms with Gasteiger partial charge in [-0.15, -0.1) is 0 Å². The van der Waals surface area contributed by atoms with Crippen molar-refractivity contribution in [2.45, 2.75) is 80.7 Å². The van der Waals surface area contributed by atoms with Crippen molar-refractivity contribution in [3.8, 4) is 0 Å². The van der Waals surface area contributed by atoms with E-state index in [2.05, 4.69) is 67.6 Å². The molecule has 0 fully saturated rings. The van der Waals surface area contributed by atoms with Gasteiger partial charge in [-0.25, -0.2) is 0 Å². The third-order valence-corrected chi connectivity index (χ3v) is 4.74. The lowest BCUT2D eigenvalue weighted by Crippen LogP contribution is -2.47. The Morgan fingerprint density at radius 2 is 1.35 bits per heavy atom. The summed E-state index contributed by atoms with van der Waals surface area (Å²) in [4.78, 5) is 12.4. The molecule has 0 saturated carbocycles. The molecule has 0 aliphatic carbocycles. The Hall–Kier alpha value is -0.530. The van der Waals surface area contributed by atoms with Crippen molar-refractivity contribution in [1.29, 1.82) is 0 Å². The zero-order valence-electron chi connectivity index (χ0n) is 15.2. The second-order valence-corrected chi connectivity index (χ2v) is 8.16. The summed E-state index contributed by atoms with van der Waals surface area (Å²) in [5.41, 5.74) is -0.115. The van der Waals surface area contributed by atoms with Crippen LogP contribution in [0.3, 0.4) is 0 Å². The fourth-order valence-electron chi connectivity index (χ4n) is 2.49. The molecule has 3 unspecified atom stereocenters. The van der Waals surface area contributed by atoms with E-state index < -0.39 is 0 Å². The van der Waals surface area contributed by atoms with Crippen LogP contribution in [0, 0.1) is 29.6 Å². The van der Waals surface area contributed by atoms with E-state index in [9.17, 15) is 4.79 Å². The highest BCUT2D eigenvalue weighted by atomic mass is 16.2. The fraction of sp³-hybridized carbons (Fsp3) is 0.944. The largest absolute Gasteiger partial charge is 0.351 e. The van der Waals surface area contributed by atoms with Crippen LogP contribution in [0.2, 0.25) is 0 Å². The lowest BCUT2D eigenvalue weighted by Gasteiger charge is -2.32. The van der Waals surface area contributed by atoms with E-state index in [1.54, 1.807) is 0 Å². The topological polar surface area (TPSA) is 29.1 Å². The predicted molar refractivity (Wildman–Crippen MR) is 88.6 cm³/mol. The summed E-state index contributed by atoms with van der Waals surface area (Å²) in [6.45, 7) is 19.8.